The molecule has 0 saturated heterocycles. The summed E-state index contributed by atoms with van der Waals surface area (Å²) < 4.78 is 146. The number of halogens is 7. The van der Waals surface area contributed by atoms with Crippen molar-refractivity contribution in [3.63, 3.8) is 0 Å². The van der Waals surface area contributed by atoms with Gasteiger partial charge in [0, 0.05) is 8.22 Å². The molecule has 148 valence electrons. The van der Waals surface area contributed by atoms with Crippen LogP contribution in [0.15, 0.2) is 18.2 Å². The monoisotopic (exact) mass is 423 g/mol. The van der Waals surface area contributed by atoms with Gasteiger partial charge in [-0.1, -0.05) is 17.6 Å². The zero-order chi connectivity index (χ0) is 28.1. The average molecular weight is 424 g/mol. The molecule has 0 fully saturated rings. The molecule has 2 rings (SSSR count). The molecule has 13 heteroatoms. The Morgan fingerprint density at radius 3 is 2.26 bits per heavy atom. The van der Waals surface area contributed by atoms with Crippen LogP contribution in [0.2, 0.25) is 5.15 Å². The number of nitrogens with one attached hydrogen (secondary N) is 2. The van der Waals surface area contributed by atoms with Gasteiger partial charge in [0.2, 0.25) is 11.9 Å². The molecule has 0 radical (unpaired) electrons. The molecule has 0 aliphatic carbocycles. The Hall–Kier alpha value is -2.37. The Balaban J connectivity index is 2.79. The van der Waals surface area contributed by atoms with Gasteiger partial charge in [0.25, 0.3) is 0 Å². The van der Waals surface area contributed by atoms with Crippen molar-refractivity contribution >= 4 is 23.5 Å². The van der Waals surface area contributed by atoms with E-state index in [1.165, 1.54) is 10.6 Å². The normalized spacial score (nSPS) is 21.5. The van der Waals surface area contributed by atoms with Crippen molar-refractivity contribution in [3.8, 4) is 11.5 Å². The highest BCUT2D eigenvalue weighted by Crippen LogP contribution is 2.26. The summed E-state index contributed by atoms with van der Waals surface area (Å²) in [7, 11) is 0. The van der Waals surface area contributed by atoms with E-state index in [-0.39, 0.29) is 0 Å². The fraction of sp³-hybridized carbons (Fsp3) is 0.429. The van der Waals surface area contributed by atoms with Gasteiger partial charge in [-0.3, -0.25) is 0 Å². The van der Waals surface area contributed by atoms with Gasteiger partial charge in [-0.05, 0) is 25.8 Å². The van der Waals surface area contributed by atoms with E-state index in [9.17, 15) is 26.3 Å². The highest BCUT2D eigenvalue weighted by atomic mass is 35.5. The summed E-state index contributed by atoms with van der Waals surface area (Å²) in [4.78, 5) is 13.6. The number of hydrogen-bond donors (Lipinski definition) is 2. The van der Waals surface area contributed by atoms with Gasteiger partial charge in [-0.15, -0.1) is 0 Å². The first-order valence-electron chi connectivity index (χ1n) is 11.1. The van der Waals surface area contributed by atoms with E-state index in [4.69, 9.17) is 23.9 Å². The molecule has 0 aliphatic rings. The van der Waals surface area contributed by atoms with Crippen molar-refractivity contribution < 1.29 is 38.7 Å². The second-order valence-electron chi connectivity index (χ2n) is 4.62. The molecule has 0 spiro atoms. The molecule has 6 nitrogen and oxygen atoms in total. The van der Waals surface area contributed by atoms with E-state index < -0.39 is 78.8 Å². The topological polar surface area (TPSA) is 75.6 Å². The van der Waals surface area contributed by atoms with Crippen LogP contribution in [0.3, 0.4) is 0 Å². The van der Waals surface area contributed by atoms with Crippen LogP contribution in [0.4, 0.5) is 38.2 Å². The van der Waals surface area contributed by atoms with Gasteiger partial charge in [0.05, 0.1) is 4.11 Å². The Labute approximate surface area is 167 Å². The van der Waals surface area contributed by atoms with Crippen LogP contribution in [0.1, 0.15) is 26.0 Å². The minimum Gasteiger partial charge on any atom is -0.343 e. The van der Waals surface area contributed by atoms with Crippen LogP contribution in [0.25, 0.3) is 11.5 Å². The van der Waals surface area contributed by atoms with Crippen LogP contribution >= 0.6 is 11.6 Å². The molecule has 0 aliphatic heterocycles. The minimum atomic E-state index is -5.81. The SMILES string of the molecule is [2H]c1cc(Cl)nc(-c2nc(N[C@H](C([2H])([2H])[2H])C(F)(F)F)nc(N[C@]([2H])(C([2H])([2H])[2H])C(F)(F)F)n2)c1[2H]. The summed E-state index contributed by atoms with van der Waals surface area (Å²) >= 11 is 5.69. The maximum Gasteiger partial charge on any atom is 0.408 e. The number of alkyl halides is 6. The van der Waals surface area contributed by atoms with Crippen LogP contribution in [0, 0.1) is 0 Å². The molecular formula is C14H13ClF6N6. The molecule has 0 saturated carbocycles. The predicted octanol–water partition coefficient (Wildman–Crippen LogP) is 4.31. The fourth-order valence-corrected chi connectivity index (χ4v) is 1.57. The highest BCUT2D eigenvalue weighted by Gasteiger charge is 2.38. The number of rotatable bonds is 5. The zero-order valence-corrected chi connectivity index (χ0v) is 13.3. The molecule has 2 atom stereocenters. The average Bonchev–Trinajstić information content (AvgIpc) is 2.65. The summed E-state index contributed by atoms with van der Waals surface area (Å²) in [6, 6.07) is -8.38. The van der Waals surface area contributed by atoms with Gasteiger partial charge in [-0.2, -0.15) is 41.3 Å². The molecule has 2 aromatic heterocycles. The number of aromatic nitrogens is 4. The third kappa shape index (κ3) is 5.81. The van der Waals surface area contributed by atoms with Crippen LogP contribution < -0.4 is 10.6 Å². The summed E-state index contributed by atoms with van der Waals surface area (Å²) in [6.45, 7) is -7.90. The van der Waals surface area contributed by atoms with Gasteiger partial charge in [-0.25, -0.2) is 4.98 Å². The van der Waals surface area contributed by atoms with Gasteiger partial charge in [0.1, 0.15) is 22.9 Å². The lowest BCUT2D eigenvalue weighted by Gasteiger charge is -2.20. The summed E-state index contributed by atoms with van der Waals surface area (Å²) in [5.74, 6) is -3.76. The molecule has 0 amide bonds. The van der Waals surface area contributed by atoms with Crippen molar-refractivity contribution in [2.24, 2.45) is 0 Å². The fourth-order valence-electron chi connectivity index (χ4n) is 1.43. The third-order valence-corrected chi connectivity index (χ3v) is 2.76. The molecular weight excluding hydrogens is 402 g/mol. The van der Waals surface area contributed by atoms with Crippen LogP contribution in [-0.4, -0.2) is 44.3 Å². The lowest BCUT2D eigenvalue weighted by molar-refractivity contribution is -0.139. The Morgan fingerprint density at radius 1 is 1.04 bits per heavy atom. The van der Waals surface area contributed by atoms with Gasteiger partial charge >= 0.3 is 12.4 Å². The Bertz CT molecular complexity index is 1100. The third-order valence-electron chi connectivity index (χ3n) is 2.57. The van der Waals surface area contributed by atoms with Gasteiger partial charge < -0.3 is 10.6 Å². The molecule has 2 aromatic rings. The molecule has 0 bridgehead atoms. The minimum absolute atomic E-state index is 0.460. The molecule has 0 unspecified atom stereocenters. The Morgan fingerprint density at radius 2 is 1.70 bits per heavy atom. The zero-order valence-electron chi connectivity index (χ0n) is 21.6. The number of pyridine rings is 1. The van der Waals surface area contributed by atoms with Crippen molar-refractivity contribution in [3.05, 3.63) is 23.3 Å². The largest absolute Gasteiger partial charge is 0.408 e. The smallest absolute Gasteiger partial charge is 0.343 e. The first-order chi connectivity index (χ1) is 16.0. The number of anilines is 2. The second-order valence-corrected chi connectivity index (χ2v) is 5.01. The number of nitrogens with zero attached hydrogens (tertiary/aromatic N) is 4. The van der Waals surface area contributed by atoms with E-state index in [1.54, 1.807) is 0 Å². The molecule has 2 N–H and O–H groups in total. The van der Waals surface area contributed by atoms with E-state index in [1.807, 2.05) is 0 Å². The van der Waals surface area contributed by atoms with Crippen molar-refractivity contribution in [2.75, 3.05) is 10.6 Å². The lowest BCUT2D eigenvalue weighted by Crippen LogP contribution is -2.35. The van der Waals surface area contributed by atoms with E-state index in [2.05, 4.69) is 19.9 Å². The van der Waals surface area contributed by atoms with E-state index >= 15 is 0 Å². The van der Waals surface area contributed by atoms with Crippen molar-refractivity contribution in [1.29, 1.82) is 0 Å². The summed E-state index contributed by atoms with van der Waals surface area (Å²) in [5, 5.41) is 2.09. The first kappa shape index (κ1) is 11.5. The highest BCUT2D eigenvalue weighted by molar-refractivity contribution is 6.29. The molecule has 2 heterocycles. The maximum absolute atomic E-state index is 13.5. The predicted molar refractivity (Wildman–Crippen MR) is 86.3 cm³/mol. The Kier molecular flexibility index (Phi) is 3.27. The van der Waals surface area contributed by atoms with Crippen LogP contribution in [-0.2, 0) is 0 Å². The van der Waals surface area contributed by atoms with Crippen molar-refractivity contribution in [2.45, 2.75) is 38.1 Å². The number of hydrogen-bond acceptors (Lipinski definition) is 6. The van der Waals surface area contributed by atoms with Gasteiger partial charge in [0.15, 0.2) is 5.82 Å². The van der Waals surface area contributed by atoms with E-state index in [0.717, 1.165) is 6.07 Å². The standard InChI is InChI=1S/C14H13ClF6N6/c1-6(13(16,17)18)22-11-25-10(8-4-3-5-9(15)24-8)26-12(27-11)23-7(2)14(19,20)21/h3-7H,1-2H3,(H2,22,23,25,26,27)/t6-,7-/m1/s1/i1D3,2D3,3D,4D,6D. The van der Waals surface area contributed by atoms with Crippen LogP contribution in [0.5, 0.6) is 0 Å². The second kappa shape index (κ2) is 7.71. The maximum atomic E-state index is 13.5. The summed E-state index contributed by atoms with van der Waals surface area (Å²) in [5.41, 5.74) is -0.755. The first-order valence-corrected chi connectivity index (χ1v) is 6.93. The van der Waals surface area contributed by atoms with E-state index in [0.29, 0.717) is 0 Å². The molecule has 0 aromatic carbocycles. The quantitative estimate of drug-likeness (QED) is 0.551. The summed E-state index contributed by atoms with van der Waals surface area (Å²) in [6.07, 6.45) is -11.3. The lowest BCUT2D eigenvalue weighted by atomic mass is 10.3. The van der Waals surface area contributed by atoms with Crippen molar-refractivity contribution in [1.82, 2.24) is 19.9 Å². The molecule has 27 heavy (non-hydrogen) atoms.